The van der Waals surface area contributed by atoms with E-state index >= 15 is 0 Å². The zero-order valence-corrected chi connectivity index (χ0v) is 17.6. The molecule has 0 unspecified atom stereocenters. The van der Waals surface area contributed by atoms with Crippen molar-refractivity contribution in [1.29, 1.82) is 0 Å². The predicted molar refractivity (Wildman–Crippen MR) is 113 cm³/mol. The second-order valence-electron chi connectivity index (χ2n) is 8.05. The average Bonchev–Trinajstić information content (AvgIpc) is 3.13. The van der Waals surface area contributed by atoms with Crippen LogP contribution in [-0.4, -0.2) is 84.6 Å². The number of hydrogen-bond acceptors (Lipinski definition) is 5. The standard InChI is InChI=1S/C22H32N4O3/c1-16-20(19-7-5-4-6-8-19)23-24-21(16)22(28)26-13-17(11-18(14-26)15-27)12-25(2)9-10-29-3/h4-8,17-18,27H,9-15H2,1-3H3,(H,23,24)/t17-,18+/m1/s1. The van der Waals surface area contributed by atoms with Gasteiger partial charge in [-0.15, -0.1) is 0 Å². The normalized spacial score (nSPS) is 19.7. The number of nitrogens with one attached hydrogen (secondary N) is 1. The number of likely N-dealkylation sites (N-methyl/N-ethyl adjacent to an activating group) is 1. The number of aromatic amines is 1. The molecule has 0 spiro atoms. The highest BCUT2D eigenvalue weighted by Crippen LogP contribution is 2.27. The van der Waals surface area contributed by atoms with E-state index in [2.05, 4.69) is 22.1 Å². The Bertz CT molecular complexity index is 793. The summed E-state index contributed by atoms with van der Waals surface area (Å²) in [4.78, 5) is 17.4. The lowest BCUT2D eigenvalue weighted by Crippen LogP contribution is -2.48. The van der Waals surface area contributed by atoms with Crippen LogP contribution in [0.15, 0.2) is 30.3 Å². The third kappa shape index (κ3) is 5.23. The first-order valence-electron chi connectivity index (χ1n) is 10.2. The van der Waals surface area contributed by atoms with Gasteiger partial charge in [0.25, 0.3) is 5.91 Å². The second kappa shape index (κ2) is 10.0. The Kier molecular flexibility index (Phi) is 7.41. The molecule has 1 amide bonds. The molecule has 0 saturated carbocycles. The number of carbonyl (C=O) groups is 1. The molecule has 3 rings (SSSR count). The van der Waals surface area contributed by atoms with E-state index in [1.54, 1.807) is 7.11 Å². The van der Waals surface area contributed by atoms with Gasteiger partial charge in [0.15, 0.2) is 0 Å². The van der Waals surface area contributed by atoms with Crippen LogP contribution in [0.2, 0.25) is 0 Å². The summed E-state index contributed by atoms with van der Waals surface area (Å²) in [5, 5.41) is 17.1. The van der Waals surface area contributed by atoms with Crippen LogP contribution in [-0.2, 0) is 4.74 Å². The molecule has 1 aromatic heterocycles. The van der Waals surface area contributed by atoms with Gasteiger partial charge >= 0.3 is 0 Å². The molecule has 1 aromatic carbocycles. The summed E-state index contributed by atoms with van der Waals surface area (Å²) in [7, 11) is 3.77. The van der Waals surface area contributed by atoms with Crippen LogP contribution in [0.5, 0.6) is 0 Å². The number of rotatable bonds is 8. The number of methoxy groups -OCH3 is 1. The number of amides is 1. The lowest BCUT2D eigenvalue weighted by atomic mass is 9.89. The summed E-state index contributed by atoms with van der Waals surface area (Å²) in [5.41, 5.74) is 3.19. The van der Waals surface area contributed by atoms with Crippen LogP contribution < -0.4 is 0 Å². The molecule has 1 saturated heterocycles. The van der Waals surface area contributed by atoms with E-state index < -0.39 is 0 Å². The zero-order valence-electron chi connectivity index (χ0n) is 17.6. The lowest BCUT2D eigenvalue weighted by Gasteiger charge is -2.38. The molecule has 2 atom stereocenters. The number of piperidine rings is 1. The average molecular weight is 401 g/mol. The largest absolute Gasteiger partial charge is 0.396 e. The molecule has 2 aromatic rings. The van der Waals surface area contributed by atoms with Crippen LogP contribution in [0.4, 0.5) is 0 Å². The molecule has 7 nitrogen and oxygen atoms in total. The van der Waals surface area contributed by atoms with Crippen molar-refractivity contribution in [3.63, 3.8) is 0 Å². The lowest BCUT2D eigenvalue weighted by molar-refractivity contribution is 0.0445. The van der Waals surface area contributed by atoms with E-state index in [9.17, 15) is 9.90 Å². The summed E-state index contributed by atoms with van der Waals surface area (Å²) in [6.07, 6.45) is 0.925. The Balaban J connectivity index is 1.73. The summed E-state index contributed by atoms with van der Waals surface area (Å²) in [6.45, 7) is 5.71. The van der Waals surface area contributed by atoms with Gasteiger partial charge in [-0.2, -0.15) is 5.10 Å². The van der Waals surface area contributed by atoms with Crippen LogP contribution in [0.25, 0.3) is 11.3 Å². The van der Waals surface area contributed by atoms with Gasteiger partial charge in [-0.05, 0) is 32.2 Å². The molecule has 1 fully saturated rings. The maximum atomic E-state index is 13.3. The first kappa shape index (κ1) is 21.5. The van der Waals surface area contributed by atoms with Crippen LogP contribution >= 0.6 is 0 Å². The van der Waals surface area contributed by atoms with Crippen LogP contribution in [0.1, 0.15) is 22.5 Å². The molecule has 29 heavy (non-hydrogen) atoms. The third-order valence-corrected chi connectivity index (χ3v) is 5.69. The van der Waals surface area contributed by atoms with Crippen molar-refractivity contribution in [3.8, 4) is 11.3 Å². The van der Waals surface area contributed by atoms with Gasteiger partial charge in [-0.3, -0.25) is 9.89 Å². The molecule has 0 radical (unpaired) electrons. The minimum atomic E-state index is -0.0418. The van der Waals surface area contributed by atoms with Crippen LogP contribution in [0, 0.1) is 18.8 Å². The number of benzene rings is 1. The number of likely N-dealkylation sites (tertiary alicyclic amines) is 1. The van der Waals surface area contributed by atoms with Crippen molar-refractivity contribution >= 4 is 5.91 Å². The summed E-state index contributed by atoms with van der Waals surface area (Å²) in [5.74, 6) is 0.383. The zero-order chi connectivity index (χ0) is 20.8. The molecule has 0 aliphatic carbocycles. The van der Waals surface area contributed by atoms with Gasteiger partial charge in [0.2, 0.25) is 0 Å². The van der Waals surface area contributed by atoms with Gasteiger partial charge in [-0.1, -0.05) is 30.3 Å². The van der Waals surface area contributed by atoms with Crippen molar-refractivity contribution < 1.29 is 14.6 Å². The number of carbonyl (C=O) groups excluding carboxylic acids is 1. The molecule has 1 aliphatic heterocycles. The fraction of sp³-hybridized carbons (Fsp3) is 0.545. The Morgan fingerprint density at radius 1 is 1.31 bits per heavy atom. The van der Waals surface area contributed by atoms with E-state index in [0.717, 1.165) is 36.3 Å². The van der Waals surface area contributed by atoms with Gasteiger partial charge in [0.05, 0.1) is 12.3 Å². The molecule has 158 valence electrons. The number of aliphatic hydroxyl groups excluding tert-OH is 1. The first-order chi connectivity index (χ1) is 14.0. The Labute approximate surface area is 172 Å². The molecule has 1 aliphatic rings. The topological polar surface area (TPSA) is 81.7 Å². The highest BCUT2D eigenvalue weighted by atomic mass is 16.5. The quantitative estimate of drug-likeness (QED) is 0.709. The first-order valence-corrected chi connectivity index (χ1v) is 10.2. The number of ether oxygens (including phenoxy) is 1. The van der Waals surface area contributed by atoms with E-state index in [1.165, 1.54) is 0 Å². The van der Waals surface area contributed by atoms with Gasteiger partial charge in [-0.25, -0.2) is 0 Å². The fourth-order valence-electron chi connectivity index (χ4n) is 4.17. The number of hydrogen-bond donors (Lipinski definition) is 2. The molecule has 0 bridgehead atoms. The fourth-order valence-corrected chi connectivity index (χ4v) is 4.17. The van der Waals surface area contributed by atoms with Crippen molar-refractivity contribution in [2.45, 2.75) is 13.3 Å². The maximum Gasteiger partial charge on any atom is 0.272 e. The third-order valence-electron chi connectivity index (χ3n) is 5.69. The number of H-pyrrole nitrogens is 1. The minimum Gasteiger partial charge on any atom is -0.396 e. The smallest absolute Gasteiger partial charge is 0.272 e. The Morgan fingerprint density at radius 3 is 2.72 bits per heavy atom. The van der Waals surface area contributed by atoms with Crippen LogP contribution in [0.3, 0.4) is 0 Å². The van der Waals surface area contributed by atoms with Crippen molar-refractivity contribution in [2.75, 3.05) is 53.6 Å². The van der Waals surface area contributed by atoms with E-state index in [4.69, 9.17) is 4.74 Å². The van der Waals surface area contributed by atoms with Crippen molar-refractivity contribution in [2.24, 2.45) is 11.8 Å². The maximum absolute atomic E-state index is 13.3. The highest BCUT2D eigenvalue weighted by molar-refractivity contribution is 5.95. The van der Waals surface area contributed by atoms with Gasteiger partial charge in [0.1, 0.15) is 5.69 Å². The summed E-state index contributed by atoms with van der Waals surface area (Å²) < 4.78 is 5.16. The van der Waals surface area contributed by atoms with Crippen molar-refractivity contribution in [1.82, 2.24) is 20.0 Å². The molecule has 2 heterocycles. The number of aromatic nitrogens is 2. The van der Waals surface area contributed by atoms with E-state index in [0.29, 0.717) is 31.3 Å². The molecular formula is C22H32N4O3. The van der Waals surface area contributed by atoms with Gasteiger partial charge < -0.3 is 19.6 Å². The Morgan fingerprint density at radius 2 is 2.03 bits per heavy atom. The number of nitrogens with zero attached hydrogens (tertiary/aromatic N) is 3. The second-order valence-corrected chi connectivity index (χ2v) is 8.05. The summed E-state index contributed by atoms with van der Waals surface area (Å²) >= 11 is 0. The highest BCUT2D eigenvalue weighted by Gasteiger charge is 2.32. The van der Waals surface area contributed by atoms with E-state index in [1.807, 2.05) is 42.2 Å². The molecule has 2 N–H and O–H groups in total. The minimum absolute atomic E-state index is 0.0418. The Hall–Kier alpha value is -2.22. The monoisotopic (exact) mass is 400 g/mol. The summed E-state index contributed by atoms with van der Waals surface area (Å²) in [6, 6.07) is 9.88. The predicted octanol–water partition coefficient (Wildman–Crippen LogP) is 2.03. The van der Waals surface area contributed by atoms with E-state index in [-0.39, 0.29) is 18.4 Å². The van der Waals surface area contributed by atoms with Gasteiger partial charge in [0, 0.05) is 51.0 Å². The SMILES string of the molecule is COCCN(C)C[C@H]1C[C@H](CO)CN(C(=O)c2[nH]nc(-c3ccccc3)c2C)C1. The number of aliphatic hydroxyl groups is 1. The molecule has 7 heteroatoms. The van der Waals surface area contributed by atoms with Crippen molar-refractivity contribution in [3.05, 3.63) is 41.6 Å². The molecular weight excluding hydrogens is 368 g/mol.